The van der Waals surface area contributed by atoms with E-state index in [-0.39, 0.29) is 11.5 Å². The van der Waals surface area contributed by atoms with Gasteiger partial charge < -0.3 is 13.9 Å². The molecule has 3 rings (SSSR count). The van der Waals surface area contributed by atoms with Crippen molar-refractivity contribution in [1.29, 1.82) is 0 Å². The number of hydrogen-bond acceptors (Lipinski definition) is 5. The number of carbonyl (C=O) groups excluding carboxylic acids is 1. The Morgan fingerprint density at radius 3 is 2.46 bits per heavy atom. The maximum Gasteiger partial charge on any atom is 0.347 e. The minimum Gasteiger partial charge on any atom is -0.479 e. The van der Waals surface area contributed by atoms with Crippen molar-refractivity contribution in [2.75, 3.05) is 0 Å². The molecule has 0 radical (unpaired) electrons. The van der Waals surface area contributed by atoms with Crippen LogP contribution in [0.5, 0.6) is 5.75 Å². The van der Waals surface area contributed by atoms with E-state index in [1.807, 2.05) is 30.3 Å². The molecule has 0 aliphatic carbocycles. The van der Waals surface area contributed by atoms with E-state index < -0.39 is 12.1 Å². The lowest BCUT2D eigenvalue weighted by molar-refractivity contribution is -0.154. The second kappa shape index (κ2) is 7.44. The standard InChI is InChI=1S/C21H20O5/c1-13(2)25-21(23)14(3)26-16-9-10-17-19(11-16)24-12-18(20(17)22)15-7-5-4-6-8-15/h4-14H,1-3H3/t14-/m0/s1. The van der Waals surface area contributed by atoms with Gasteiger partial charge in [0.15, 0.2) is 11.5 Å². The number of benzene rings is 2. The van der Waals surface area contributed by atoms with Gasteiger partial charge in [0.05, 0.1) is 17.1 Å². The molecule has 2 aromatic carbocycles. The van der Waals surface area contributed by atoms with Gasteiger partial charge in [0.1, 0.15) is 17.6 Å². The van der Waals surface area contributed by atoms with Gasteiger partial charge in [-0.3, -0.25) is 4.79 Å². The van der Waals surface area contributed by atoms with Crippen LogP contribution in [0, 0.1) is 0 Å². The Bertz CT molecular complexity index is 973. The number of carbonyl (C=O) groups is 1. The van der Waals surface area contributed by atoms with E-state index in [2.05, 4.69) is 0 Å². The van der Waals surface area contributed by atoms with Crippen molar-refractivity contribution in [1.82, 2.24) is 0 Å². The van der Waals surface area contributed by atoms with E-state index in [9.17, 15) is 9.59 Å². The molecule has 5 heteroatoms. The van der Waals surface area contributed by atoms with E-state index in [1.54, 1.807) is 39.0 Å². The molecule has 0 amide bonds. The fourth-order valence-electron chi connectivity index (χ4n) is 2.58. The number of ether oxygens (including phenoxy) is 2. The number of fused-ring (bicyclic) bond motifs is 1. The molecular formula is C21H20O5. The first-order valence-electron chi connectivity index (χ1n) is 8.44. The Hall–Kier alpha value is -3.08. The van der Waals surface area contributed by atoms with Gasteiger partial charge in [0, 0.05) is 6.07 Å². The van der Waals surface area contributed by atoms with Crippen molar-refractivity contribution in [2.24, 2.45) is 0 Å². The van der Waals surface area contributed by atoms with Crippen molar-refractivity contribution in [2.45, 2.75) is 33.0 Å². The molecule has 0 aliphatic heterocycles. The zero-order chi connectivity index (χ0) is 18.7. The molecule has 0 saturated heterocycles. The summed E-state index contributed by atoms with van der Waals surface area (Å²) in [6, 6.07) is 14.2. The topological polar surface area (TPSA) is 65.7 Å². The van der Waals surface area contributed by atoms with E-state index in [4.69, 9.17) is 13.9 Å². The molecule has 26 heavy (non-hydrogen) atoms. The first-order valence-corrected chi connectivity index (χ1v) is 8.44. The summed E-state index contributed by atoms with van der Waals surface area (Å²) < 4.78 is 16.4. The molecule has 0 spiro atoms. The molecule has 0 unspecified atom stereocenters. The Morgan fingerprint density at radius 1 is 1.04 bits per heavy atom. The van der Waals surface area contributed by atoms with E-state index in [1.165, 1.54) is 6.26 Å². The van der Waals surface area contributed by atoms with Crippen LogP contribution in [-0.2, 0) is 9.53 Å². The predicted molar refractivity (Wildman–Crippen MR) is 99.2 cm³/mol. The molecule has 1 atom stereocenters. The number of rotatable bonds is 5. The van der Waals surface area contributed by atoms with Crippen LogP contribution in [0.3, 0.4) is 0 Å². The van der Waals surface area contributed by atoms with Crippen LogP contribution < -0.4 is 10.2 Å². The van der Waals surface area contributed by atoms with Crippen LogP contribution in [0.2, 0.25) is 0 Å². The van der Waals surface area contributed by atoms with Gasteiger partial charge in [-0.1, -0.05) is 30.3 Å². The lowest BCUT2D eigenvalue weighted by Crippen LogP contribution is -2.28. The third-order valence-electron chi connectivity index (χ3n) is 3.83. The summed E-state index contributed by atoms with van der Waals surface area (Å²) in [6.07, 6.45) is 0.477. The summed E-state index contributed by atoms with van der Waals surface area (Å²) in [4.78, 5) is 24.6. The van der Waals surface area contributed by atoms with Crippen LogP contribution in [-0.4, -0.2) is 18.2 Å². The van der Waals surface area contributed by atoms with Gasteiger partial charge in [-0.05, 0) is 38.5 Å². The molecule has 5 nitrogen and oxygen atoms in total. The number of esters is 1. The number of hydrogen-bond donors (Lipinski definition) is 0. The van der Waals surface area contributed by atoms with Crippen LogP contribution in [0.15, 0.2) is 64.0 Å². The van der Waals surface area contributed by atoms with Crippen molar-refractivity contribution < 1.29 is 18.7 Å². The fraction of sp³-hybridized carbons (Fsp3) is 0.238. The Kier molecular flexibility index (Phi) is 5.07. The van der Waals surface area contributed by atoms with Gasteiger partial charge in [0.25, 0.3) is 0 Å². The van der Waals surface area contributed by atoms with Gasteiger partial charge >= 0.3 is 5.97 Å². The quantitative estimate of drug-likeness (QED) is 0.645. The molecule has 0 saturated carbocycles. The molecule has 0 fully saturated rings. The third-order valence-corrected chi connectivity index (χ3v) is 3.83. The van der Waals surface area contributed by atoms with Crippen molar-refractivity contribution in [3.8, 4) is 16.9 Å². The average Bonchev–Trinajstić information content (AvgIpc) is 2.62. The molecular weight excluding hydrogens is 332 g/mol. The highest BCUT2D eigenvalue weighted by Crippen LogP contribution is 2.23. The normalized spacial score (nSPS) is 12.2. The Morgan fingerprint density at radius 2 is 1.77 bits per heavy atom. The SMILES string of the molecule is CC(C)OC(=O)[C@H](C)Oc1ccc2c(=O)c(-c3ccccc3)coc2c1. The maximum absolute atomic E-state index is 12.7. The van der Waals surface area contributed by atoms with E-state index in [0.717, 1.165) is 5.56 Å². The maximum atomic E-state index is 12.7. The van der Waals surface area contributed by atoms with Gasteiger partial charge in [-0.2, -0.15) is 0 Å². The second-order valence-electron chi connectivity index (χ2n) is 6.25. The van der Waals surface area contributed by atoms with Crippen LogP contribution in [0.1, 0.15) is 20.8 Å². The van der Waals surface area contributed by atoms with Crippen LogP contribution in [0.4, 0.5) is 0 Å². The highest BCUT2D eigenvalue weighted by atomic mass is 16.6. The first kappa shape index (κ1) is 17.7. The van der Waals surface area contributed by atoms with Crippen molar-refractivity contribution in [3.05, 3.63) is 65.0 Å². The molecule has 0 bridgehead atoms. The molecule has 0 N–H and O–H groups in total. The third kappa shape index (κ3) is 3.77. The van der Waals surface area contributed by atoms with Gasteiger partial charge in [-0.25, -0.2) is 4.79 Å². The average molecular weight is 352 g/mol. The molecule has 1 heterocycles. The van der Waals surface area contributed by atoms with E-state index >= 15 is 0 Å². The fourth-order valence-corrected chi connectivity index (χ4v) is 2.58. The monoisotopic (exact) mass is 352 g/mol. The summed E-state index contributed by atoms with van der Waals surface area (Å²) in [7, 11) is 0. The molecule has 134 valence electrons. The van der Waals surface area contributed by atoms with Crippen LogP contribution >= 0.6 is 0 Å². The smallest absolute Gasteiger partial charge is 0.347 e. The minimum atomic E-state index is -0.759. The van der Waals surface area contributed by atoms with Gasteiger partial charge in [0.2, 0.25) is 0 Å². The molecule has 0 aliphatic rings. The summed E-state index contributed by atoms with van der Waals surface area (Å²) in [5.74, 6) is -0.0118. The second-order valence-corrected chi connectivity index (χ2v) is 6.25. The minimum absolute atomic E-state index is 0.115. The zero-order valence-corrected chi connectivity index (χ0v) is 14.9. The van der Waals surface area contributed by atoms with Gasteiger partial charge in [-0.15, -0.1) is 0 Å². The largest absolute Gasteiger partial charge is 0.479 e. The Labute approximate surface area is 151 Å². The highest BCUT2D eigenvalue weighted by Gasteiger charge is 2.18. The molecule has 1 aromatic heterocycles. The van der Waals surface area contributed by atoms with Crippen LogP contribution in [0.25, 0.3) is 22.1 Å². The highest BCUT2D eigenvalue weighted by molar-refractivity contribution is 5.82. The molecule has 3 aromatic rings. The Balaban J connectivity index is 1.89. The van der Waals surface area contributed by atoms with Crippen molar-refractivity contribution in [3.63, 3.8) is 0 Å². The first-order chi connectivity index (χ1) is 12.5. The zero-order valence-electron chi connectivity index (χ0n) is 14.9. The summed E-state index contributed by atoms with van der Waals surface area (Å²) in [6.45, 7) is 5.17. The predicted octanol–water partition coefficient (Wildman–Crippen LogP) is 4.18. The van der Waals surface area contributed by atoms with Crippen molar-refractivity contribution >= 4 is 16.9 Å². The lowest BCUT2D eigenvalue weighted by Gasteiger charge is -2.15. The summed E-state index contributed by atoms with van der Waals surface area (Å²) >= 11 is 0. The summed E-state index contributed by atoms with van der Waals surface area (Å²) in [5.41, 5.74) is 1.59. The van der Waals surface area contributed by atoms with E-state index in [0.29, 0.717) is 22.3 Å². The summed E-state index contributed by atoms with van der Waals surface area (Å²) in [5, 5.41) is 0.455. The lowest BCUT2D eigenvalue weighted by atomic mass is 10.1.